The molecule has 0 aliphatic rings. The minimum atomic E-state index is -0.881. The zero-order chi connectivity index (χ0) is 25.7. The lowest BCUT2D eigenvalue weighted by molar-refractivity contribution is -0.385. The van der Waals surface area contributed by atoms with Gasteiger partial charge in [-0.25, -0.2) is 0 Å². The van der Waals surface area contributed by atoms with E-state index in [2.05, 4.69) is 26.6 Å². The summed E-state index contributed by atoms with van der Waals surface area (Å²) in [6.07, 6.45) is 1.24. The van der Waals surface area contributed by atoms with Crippen LogP contribution in [0.3, 0.4) is 0 Å². The van der Waals surface area contributed by atoms with Gasteiger partial charge in [-0.3, -0.25) is 29.8 Å². The van der Waals surface area contributed by atoms with Crippen LogP contribution in [0.15, 0.2) is 70.8 Å². The first kappa shape index (κ1) is 25.5. The number of nitrogens with one attached hydrogen (secondary N) is 2. The van der Waals surface area contributed by atoms with Crippen molar-refractivity contribution in [3.05, 3.63) is 113 Å². The van der Waals surface area contributed by atoms with Gasteiger partial charge in [-0.1, -0.05) is 29.8 Å². The van der Waals surface area contributed by atoms with E-state index in [0.29, 0.717) is 10.2 Å². The van der Waals surface area contributed by atoms with Crippen molar-refractivity contribution in [2.24, 2.45) is 0 Å². The number of carbonyl (C=O) groups excluding carboxylic acids is 2. The Morgan fingerprint density at radius 1 is 0.971 bits per heavy atom. The molecule has 2 amide bonds. The second kappa shape index (κ2) is 10.9. The van der Waals surface area contributed by atoms with Gasteiger partial charge in [0.05, 0.1) is 26.1 Å². The number of benzene rings is 3. The van der Waals surface area contributed by atoms with Gasteiger partial charge in [0.25, 0.3) is 23.2 Å². The molecule has 0 aliphatic heterocycles. The third-order valence-corrected chi connectivity index (χ3v) is 5.65. The summed E-state index contributed by atoms with van der Waals surface area (Å²) in [6.45, 7) is 1.87. The van der Waals surface area contributed by atoms with Crippen LogP contribution in [0.25, 0.3) is 6.08 Å². The van der Waals surface area contributed by atoms with Gasteiger partial charge in [0.2, 0.25) is 0 Å². The molecule has 0 bridgehead atoms. The molecule has 0 radical (unpaired) electrons. The Balaban J connectivity index is 2.01. The fraction of sp³-hybridized carbons (Fsp3) is 0.0435. The summed E-state index contributed by atoms with van der Waals surface area (Å²) in [5.41, 5.74) is 0.534. The van der Waals surface area contributed by atoms with Gasteiger partial charge in [-0.15, -0.1) is 0 Å². The van der Waals surface area contributed by atoms with Gasteiger partial charge in [-0.05, 0) is 58.3 Å². The van der Waals surface area contributed by atoms with E-state index in [1.807, 2.05) is 6.92 Å². The molecule has 0 spiro atoms. The standard InChI is InChI=1S/C23H16BrClN4O6/c1-13-5-8-20(18(24)9-13)26-23(31)21(11-14-3-2-4-15(10-14)28(32)33)27-22(30)17-12-16(29(34)35)6-7-19(17)25/h2-12H,1H3,(H,26,31)(H,27,30). The Kier molecular flexibility index (Phi) is 7.94. The highest BCUT2D eigenvalue weighted by atomic mass is 79.9. The molecule has 0 aromatic heterocycles. The maximum Gasteiger partial charge on any atom is 0.272 e. The summed E-state index contributed by atoms with van der Waals surface area (Å²) >= 11 is 9.41. The van der Waals surface area contributed by atoms with E-state index < -0.39 is 21.7 Å². The number of rotatable bonds is 7. The largest absolute Gasteiger partial charge is 0.320 e. The molecular weight excluding hydrogens is 544 g/mol. The maximum atomic E-state index is 13.1. The number of hydrogen-bond acceptors (Lipinski definition) is 6. The van der Waals surface area contributed by atoms with E-state index in [-0.39, 0.29) is 33.2 Å². The number of nitro benzene ring substituents is 2. The van der Waals surface area contributed by atoms with Crippen LogP contribution < -0.4 is 10.6 Å². The SMILES string of the molecule is Cc1ccc(NC(=O)C(=Cc2cccc([N+](=O)[O-])c2)NC(=O)c2cc([N+](=O)[O-])ccc2Cl)c(Br)c1. The number of nitrogens with zero attached hydrogens (tertiary/aromatic N) is 2. The van der Waals surface area contributed by atoms with Crippen LogP contribution in [0.2, 0.25) is 5.02 Å². The van der Waals surface area contributed by atoms with Crippen LogP contribution in [0, 0.1) is 27.2 Å². The molecule has 0 aliphatic carbocycles. The first-order valence-electron chi connectivity index (χ1n) is 9.84. The van der Waals surface area contributed by atoms with Crippen LogP contribution in [-0.4, -0.2) is 21.7 Å². The van der Waals surface area contributed by atoms with E-state index in [9.17, 15) is 29.8 Å². The number of anilines is 1. The zero-order valence-corrected chi connectivity index (χ0v) is 20.3. The number of amides is 2. The van der Waals surface area contributed by atoms with Gasteiger partial charge in [0.15, 0.2) is 0 Å². The Morgan fingerprint density at radius 3 is 2.31 bits per heavy atom. The first-order chi connectivity index (χ1) is 16.5. The van der Waals surface area contributed by atoms with E-state index >= 15 is 0 Å². The summed E-state index contributed by atoms with van der Waals surface area (Å²) in [5.74, 6) is -1.62. The molecule has 0 saturated heterocycles. The third-order valence-electron chi connectivity index (χ3n) is 4.66. The van der Waals surface area contributed by atoms with E-state index in [1.165, 1.54) is 36.4 Å². The second-order valence-corrected chi connectivity index (χ2v) is 8.48. The van der Waals surface area contributed by atoms with Crippen molar-refractivity contribution < 1.29 is 19.4 Å². The van der Waals surface area contributed by atoms with Crippen molar-refractivity contribution >= 4 is 62.5 Å². The highest BCUT2D eigenvalue weighted by Gasteiger charge is 2.20. The number of carbonyl (C=O) groups is 2. The van der Waals surface area contributed by atoms with Crippen molar-refractivity contribution in [3.63, 3.8) is 0 Å². The lowest BCUT2D eigenvalue weighted by atomic mass is 10.1. The van der Waals surface area contributed by atoms with Crippen LogP contribution in [0.5, 0.6) is 0 Å². The average Bonchev–Trinajstić information content (AvgIpc) is 2.80. The fourth-order valence-electron chi connectivity index (χ4n) is 2.95. The molecule has 0 heterocycles. The lowest BCUT2D eigenvalue weighted by Crippen LogP contribution is -2.31. The summed E-state index contributed by atoms with van der Waals surface area (Å²) in [6, 6.07) is 14.0. The minimum absolute atomic E-state index is 0.0653. The monoisotopic (exact) mass is 558 g/mol. The third kappa shape index (κ3) is 6.49. The topological polar surface area (TPSA) is 144 Å². The highest BCUT2D eigenvalue weighted by Crippen LogP contribution is 2.25. The molecule has 3 rings (SSSR count). The summed E-state index contributed by atoms with van der Waals surface area (Å²) < 4.78 is 0.591. The number of aryl methyl sites for hydroxylation is 1. The van der Waals surface area contributed by atoms with E-state index in [0.717, 1.165) is 17.7 Å². The van der Waals surface area contributed by atoms with Crippen LogP contribution in [-0.2, 0) is 4.79 Å². The molecule has 35 heavy (non-hydrogen) atoms. The van der Waals surface area contributed by atoms with Crippen molar-refractivity contribution in [1.82, 2.24) is 5.32 Å². The van der Waals surface area contributed by atoms with E-state index in [1.54, 1.807) is 18.2 Å². The molecule has 0 unspecified atom stereocenters. The Hall–Kier alpha value is -4.09. The maximum absolute atomic E-state index is 13.1. The van der Waals surface area contributed by atoms with Gasteiger partial charge in [0.1, 0.15) is 5.70 Å². The Morgan fingerprint density at radius 2 is 1.66 bits per heavy atom. The van der Waals surface area contributed by atoms with Crippen molar-refractivity contribution in [2.75, 3.05) is 5.32 Å². The van der Waals surface area contributed by atoms with E-state index in [4.69, 9.17) is 11.6 Å². The molecule has 10 nitrogen and oxygen atoms in total. The number of halogens is 2. The van der Waals surface area contributed by atoms with Crippen molar-refractivity contribution in [3.8, 4) is 0 Å². The van der Waals surface area contributed by atoms with Gasteiger partial charge in [0, 0.05) is 28.7 Å². The summed E-state index contributed by atoms with van der Waals surface area (Å²) in [7, 11) is 0. The molecule has 3 aromatic carbocycles. The fourth-order valence-corrected chi connectivity index (χ4v) is 3.75. The van der Waals surface area contributed by atoms with Crippen molar-refractivity contribution in [2.45, 2.75) is 6.92 Å². The van der Waals surface area contributed by atoms with Gasteiger partial charge < -0.3 is 10.6 Å². The molecule has 0 fully saturated rings. The summed E-state index contributed by atoms with van der Waals surface area (Å²) in [4.78, 5) is 47.0. The van der Waals surface area contributed by atoms with Crippen LogP contribution in [0.4, 0.5) is 17.1 Å². The predicted octanol–water partition coefficient (Wildman–Crippen LogP) is 5.64. The predicted molar refractivity (Wildman–Crippen MR) is 134 cm³/mol. The zero-order valence-electron chi connectivity index (χ0n) is 18.0. The molecule has 2 N–H and O–H groups in total. The quantitative estimate of drug-likeness (QED) is 0.218. The highest BCUT2D eigenvalue weighted by molar-refractivity contribution is 9.10. The minimum Gasteiger partial charge on any atom is -0.320 e. The average molecular weight is 560 g/mol. The number of hydrogen-bond donors (Lipinski definition) is 2. The van der Waals surface area contributed by atoms with Crippen LogP contribution in [0.1, 0.15) is 21.5 Å². The smallest absolute Gasteiger partial charge is 0.272 e. The molecule has 3 aromatic rings. The van der Waals surface area contributed by atoms with Gasteiger partial charge in [-0.2, -0.15) is 0 Å². The summed E-state index contributed by atoms with van der Waals surface area (Å²) in [5, 5.41) is 27.2. The molecule has 0 saturated carbocycles. The Labute approximate surface area is 212 Å². The molecule has 12 heteroatoms. The normalized spacial score (nSPS) is 11.0. The van der Waals surface area contributed by atoms with Gasteiger partial charge >= 0.3 is 0 Å². The Bertz CT molecular complexity index is 1390. The number of non-ortho nitro benzene ring substituents is 2. The van der Waals surface area contributed by atoms with Crippen molar-refractivity contribution in [1.29, 1.82) is 0 Å². The molecule has 0 atom stereocenters. The lowest BCUT2D eigenvalue weighted by Gasteiger charge is -2.13. The van der Waals surface area contributed by atoms with Crippen LogP contribution >= 0.6 is 27.5 Å². The number of nitro groups is 2. The molecular formula is C23H16BrClN4O6. The molecule has 178 valence electrons. The second-order valence-electron chi connectivity index (χ2n) is 7.22. The first-order valence-corrected chi connectivity index (χ1v) is 11.0.